The van der Waals surface area contributed by atoms with Crippen LogP contribution in [-0.4, -0.2) is 26.1 Å². The molecule has 0 atom stereocenters. The van der Waals surface area contributed by atoms with Gasteiger partial charge in [0.15, 0.2) is 0 Å². The Hall–Kier alpha value is -2.23. The Morgan fingerprint density at radius 3 is 2.59 bits per heavy atom. The van der Waals surface area contributed by atoms with Crippen molar-refractivity contribution in [3.05, 3.63) is 41.8 Å². The van der Waals surface area contributed by atoms with Crippen LogP contribution in [0.3, 0.4) is 0 Å². The molecule has 4 nitrogen and oxygen atoms in total. The van der Waals surface area contributed by atoms with E-state index in [9.17, 15) is 0 Å². The average Bonchev–Trinajstić information content (AvgIpc) is 2.52. The summed E-state index contributed by atoms with van der Waals surface area (Å²) in [5.74, 6) is 0. The van der Waals surface area contributed by atoms with E-state index in [1.54, 1.807) is 11.3 Å². The van der Waals surface area contributed by atoms with Crippen LogP contribution in [0.15, 0.2) is 36.4 Å². The molecule has 0 amide bonds. The molecule has 0 unspecified atom stereocenters. The summed E-state index contributed by atoms with van der Waals surface area (Å²) in [5.41, 5.74) is 3.23. The van der Waals surface area contributed by atoms with Crippen LogP contribution in [0.5, 0.6) is 0 Å². The summed E-state index contributed by atoms with van der Waals surface area (Å²) in [6.07, 6.45) is 0. The SMILES string of the molecule is CNc1ccc2nc3ccc(=[N+](C)C)cc-3sc2c1.N#C[S-]. The quantitative estimate of drug-likeness (QED) is 0.323. The second kappa shape index (κ2) is 7.16. The van der Waals surface area contributed by atoms with Gasteiger partial charge in [-0.1, -0.05) is 5.40 Å². The Morgan fingerprint density at radius 2 is 1.95 bits per heavy atom. The average molecular weight is 328 g/mol. The fraction of sp³-hybridized carbons (Fsp3) is 0.188. The molecule has 22 heavy (non-hydrogen) atoms. The minimum absolute atomic E-state index is 1.05. The van der Waals surface area contributed by atoms with Gasteiger partial charge in [-0.15, -0.1) is 11.3 Å². The largest absolute Gasteiger partial charge is 0.696 e. The molecule has 0 aromatic heterocycles. The summed E-state index contributed by atoms with van der Waals surface area (Å²) >= 11 is 5.48. The zero-order chi connectivity index (χ0) is 16.1. The summed E-state index contributed by atoms with van der Waals surface area (Å²) in [5, 5.41) is 12.8. The number of hydrogen-bond acceptors (Lipinski definition) is 5. The normalized spacial score (nSPS) is 9.73. The number of nitrogens with zero attached hydrogens (tertiary/aromatic N) is 3. The fourth-order valence-electron chi connectivity index (χ4n) is 2.05. The number of rotatable bonds is 1. The van der Waals surface area contributed by atoms with Gasteiger partial charge in [-0.3, -0.25) is 0 Å². The van der Waals surface area contributed by atoms with Gasteiger partial charge in [-0.25, -0.2) is 14.8 Å². The highest BCUT2D eigenvalue weighted by Crippen LogP contribution is 2.30. The highest BCUT2D eigenvalue weighted by molar-refractivity contribution is 7.64. The van der Waals surface area contributed by atoms with Crippen LogP contribution in [0.1, 0.15) is 0 Å². The van der Waals surface area contributed by atoms with Crippen molar-refractivity contribution in [3.63, 3.8) is 0 Å². The standard InChI is InChI=1S/C15H15N3S.CHNS/c1-16-10-4-6-12-14(8-10)19-15-9-11(18(2)3)5-7-13(15)17-12;2-1-3/h4-9H,1-3H3;3H. The zero-order valence-corrected chi connectivity index (χ0v) is 14.3. The number of aromatic nitrogens is 1. The first-order valence-corrected chi connectivity index (χ1v) is 7.85. The van der Waals surface area contributed by atoms with Gasteiger partial charge in [0, 0.05) is 24.9 Å². The van der Waals surface area contributed by atoms with E-state index in [1.165, 1.54) is 20.3 Å². The van der Waals surface area contributed by atoms with Gasteiger partial charge >= 0.3 is 0 Å². The van der Waals surface area contributed by atoms with E-state index in [-0.39, 0.29) is 0 Å². The first-order valence-electron chi connectivity index (χ1n) is 6.63. The lowest BCUT2D eigenvalue weighted by molar-refractivity contribution is 0.814. The van der Waals surface area contributed by atoms with E-state index in [0.717, 1.165) is 16.9 Å². The molecule has 6 heteroatoms. The molecule has 1 N–H and O–H groups in total. The van der Waals surface area contributed by atoms with Gasteiger partial charge in [0.1, 0.15) is 14.1 Å². The van der Waals surface area contributed by atoms with E-state index < -0.39 is 0 Å². The summed E-state index contributed by atoms with van der Waals surface area (Å²) in [6, 6.07) is 12.7. The molecule has 1 aromatic rings. The van der Waals surface area contributed by atoms with Crippen LogP contribution in [0, 0.1) is 10.7 Å². The number of fused-ring (bicyclic) bond motifs is 2. The maximum atomic E-state index is 7.13. The van der Waals surface area contributed by atoms with Crippen molar-refractivity contribution in [2.24, 2.45) is 0 Å². The molecule has 3 rings (SSSR count). The van der Waals surface area contributed by atoms with Crippen LogP contribution >= 0.6 is 11.3 Å². The van der Waals surface area contributed by atoms with Crippen molar-refractivity contribution in [1.29, 1.82) is 5.26 Å². The Bertz CT molecular complexity index is 873. The van der Waals surface area contributed by atoms with Crippen LogP contribution in [0.4, 0.5) is 5.69 Å². The first-order chi connectivity index (χ1) is 10.6. The Kier molecular flexibility index (Phi) is 5.26. The van der Waals surface area contributed by atoms with Crippen LogP contribution in [0.25, 0.3) is 20.8 Å². The van der Waals surface area contributed by atoms with Crippen molar-refractivity contribution >= 4 is 39.9 Å². The predicted molar refractivity (Wildman–Crippen MR) is 95.9 cm³/mol. The molecule has 0 fully saturated rings. The van der Waals surface area contributed by atoms with Gasteiger partial charge < -0.3 is 17.9 Å². The van der Waals surface area contributed by atoms with Gasteiger partial charge in [-0.05, 0) is 24.3 Å². The molecule has 1 aliphatic heterocycles. The lowest BCUT2D eigenvalue weighted by Crippen LogP contribution is -2.21. The van der Waals surface area contributed by atoms with Crippen molar-refractivity contribution in [1.82, 2.24) is 9.56 Å². The first kappa shape index (κ1) is 16.1. The lowest BCUT2D eigenvalue weighted by Gasteiger charge is -2.07. The molecular formula is C16H16N4S2. The van der Waals surface area contributed by atoms with Gasteiger partial charge in [0.05, 0.1) is 20.8 Å². The number of anilines is 1. The van der Waals surface area contributed by atoms with Crippen LogP contribution in [-0.2, 0) is 12.6 Å². The third-order valence-corrected chi connectivity index (χ3v) is 4.26. The third-order valence-electron chi connectivity index (χ3n) is 3.17. The minimum atomic E-state index is 1.05. The van der Waals surface area contributed by atoms with Gasteiger partial charge in [0.25, 0.3) is 0 Å². The number of nitriles is 1. The Balaban J connectivity index is 0.000000545. The Labute approximate surface area is 139 Å². The highest BCUT2D eigenvalue weighted by Gasteiger charge is 2.08. The molecule has 0 spiro atoms. The summed E-state index contributed by atoms with van der Waals surface area (Å²) in [4.78, 5) is 5.93. The topological polar surface area (TPSA) is 51.7 Å². The van der Waals surface area contributed by atoms with E-state index in [0.29, 0.717) is 0 Å². The molecule has 0 bridgehead atoms. The minimum Gasteiger partial charge on any atom is -0.696 e. The third kappa shape index (κ3) is 3.50. The zero-order valence-electron chi connectivity index (χ0n) is 12.6. The van der Waals surface area contributed by atoms with Crippen LogP contribution < -0.4 is 15.2 Å². The van der Waals surface area contributed by atoms with E-state index >= 15 is 0 Å². The molecular weight excluding hydrogens is 312 g/mol. The summed E-state index contributed by atoms with van der Waals surface area (Å²) < 4.78 is 3.32. The van der Waals surface area contributed by atoms with Crippen molar-refractivity contribution in [2.75, 3.05) is 26.5 Å². The molecule has 0 saturated carbocycles. The van der Waals surface area contributed by atoms with E-state index in [4.69, 9.17) is 10.2 Å². The van der Waals surface area contributed by atoms with E-state index in [2.05, 4.69) is 73.0 Å². The molecule has 0 radical (unpaired) electrons. The maximum Gasteiger partial charge on any atom is 0.201 e. The number of benzene rings is 2. The molecule has 112 valence electrons. The van der Waals surface area contributed by atoms with Crippen LogP contribution in [0.2, 0.25) is 0 Å². The van der Waals surface area contributed by atoms with E-state index in [1.807, 2.05) is 7.05 Å². The molecule has 1 heterocycles. The number of nitrogens with one attached hydrogen (secondary N) is 1. The maximum absolute atomic E-state index is 7.13. The second-order valence-electron chi connectivity index (χ2n) is 4.78. The summed E-state index contributed by atoms with van der Waals surface area (Å²) in [7, 11) is 6.04. The second-order valence-corrected chi connectivity index (χ2v) is 6.05. The molecule has 0 saturated heterocycles. The smallest absolute Gasteiger partial charge is 0.201 e. The number of hydrogen-bond donors (Lipinski definition) is 1. The monoisotopic (exact) mass is 328 g/mol. The fourth-order valence-corrected chi connectivity index (χ4v) is 3.09. The van der Waals surface area contributed by atoms with Gasteiger partial charge in [-0.2, -0.15) is 0 Å². The molecule has 1 aromatic carbocycles. The van der Waals surface area contributed by atoms with Crippen molar-refractivity contribution in [2.45, 2.75) is 0 Å². The highest BCUT2D eigenvalue weighted by atomic mass is 32.1. The van der Waals surface area contributed by atoms with Crippen molar-refractivity contribution in [3.8, 4) is 16.0 Å². The number of thiocyanates is 1. The van der Waals surface area contributed by atoms with Crippen molar-refractivity contribution < 1.29 is 0 Å². The summed E-state index contributed by atoms with van der Waals surface area (Å²) in [6.45, 7) is 0. The Morgan fingerprint density at radius 1 is 1.23 bits per heavy atom. The van der Waals surface area contributed by atoms with Gasteiger partial charge in [0.2, 0.25) is 5.36 Å². The predicted octanol–water partition coefficient (Wildman–Crippen LogP) is 2.49. The molecule has 2 aliphatic rings. The lowest BCUT2D eigenvalue weighted by atomic mass is 10.2. The molecule has 1 aliphatic carbocycles.